The Morgan fingerprint density at radius 3 is 2.63 bits per heavy atom. The third-order valence-electron chi connectivity index (χ3n) is 3.14. The Morgan fingerprint density at radius 1 is 1.42 bits per heavy atom. The zero-order valence-corrected chi connectivity index (χ0v) is 10.6. The molecule has 0 aromatic carbocycles. The first kappa shape index (κ1) is 13.9. The van der Waals surface area contributed by atoms with Gasteiger partial charge in [0.15, 0.2) is 5.60 Å². The van der Waals surface area contributed by atoms with Crippen LogP contribution in [0.4, 0.5) is 24.9 Å². The van der Waals surface area contributed by atoms with Gasteiger partial charge in [0, 0.05) is 33.3 Å². The summed E-state index contributed by atoms with van der Waals surface area (Å²) in [5, 5.41) is 9.61. The summed E-state index contributed by atoms with van der Waals surface area (Å²) < 4.78 is 38.1. The van der Waals surface area contributed by atoms with Crippen LogP contribution in [-0.4, -0.2) is 54.0 Å². The molecule has 19 heavy (non-hydrogen) atoms. The van der Waals surface area contributed by atoms with Crippen molar-refractivity contribution in [1.82, 2.24) is 9.97 Å². The Balaban J connectivity index is 2.20. The maximum absolute atomic E-state index is 12.7. The van der Waals surface area contributed by atoms with Gasteiger partial charge in [-0.15, -0.1) is 0 Å². The first-order valence-electron chi connectivity index (χ1n) is 5.77. The van der Waals surface area contributed by atoms with Crippen LogP contribution in [-0.2, 0) is 0 Å². The summed E-state index contributed by atoms with van der Waals surface area (Å²) in [6.07, 6.45) is -3.52. The van der Waals surface area contributed by atoms with E-state index in [2.05, 4.69) is 9.97 Å². The van der Waals surface area contributed by atoms with Crippen molar-refractivity contribution in [3.63, 3.8) is 0 Å². The van der Waals surface area contributed by atoms with E-state index in [0.717, 1.165) is 0 Å². The standard InChI is InChI=1S/C11H15F3N4O/c1-17(2)8-3-5-15-9(16-8)18-6-4-10(19,7-18)11(12,13)14/h3,5,19H,4,6-7H2,1-2H3. The lowest BCUT2D eigenvalue weighted by Gasteiger charge is -2.26. The van der Waals surface area contributed by atoms with Crippen LogP contribution in [0, 0.1) is 0 Å². The fraction of sp³-hybridized carbons (Fsp3) is 0.636. The number of hydrogen-bond acceptors (Lipinski definition) is 5. The molecule has 1 aromatic rings. The molecule has 0 amide bonds. The molecule has 0 saturated carbocycles. The number of hydrogen-bond donors (Lipinski definition) is 1. The lowest BCUT2D eigenvalue weighted by molar-refractivity contribution is -0.250. The molecule has 1 aliphatic rings. The van der Waals surface area contributed by atoms with Crippen LogP contribution in [0.3, 0.4) is 0 Å². The minimum absolute atomic E-state index is 0.0763. The predicted octanol–water partition coefficient (Wildman–Crippen LogP) is 1.05. The molecule has 1 atom stereocenters. The van der Waals surface area contributed by atoms with E-state index in [4.69, 9.17) is 0 Å². The predicted molar refractivity (Wildman–Crippen MR) is 64.2 cm³/mol. The summed E-state index contributed by atoms with van der Waals surface area (Å²) in [6.45, 7) is -0.458. The Bertz CT molecular complexity index is 465. The average Bonchev–Trinajstić information content (AvgIpc) is 2.73. The van der Waals surface area contributed by atoms with E-state index >= 15 is 0 Å². The lowest BCUT2D eigenvalue weighted by atomic mass is 10.0. The van der Waals surface area contributed by atoms with Crippen LogP contribution >= 0.6 is 0 Å². The fourth-order valence-electron chi connectivity index (χ4n) is 1.94. The van der Waals surface area contributed by atoms with E-state index in [0.29, 0.717) is 5.82 Å². The van der Waals surface area contributed by atoms with E-state index < -0.39 is 18.3 Å². The highest BCUT2D eigenvalue weighted by atomic mass is 19.4. The fourth-order valence-corrected chi connectivity index (χ4v) is 1.94. The van der Waals surface area contributed by atoms with Gasteiger partial charge in [-0.05, 0) is 6.07 Å². The first-order chi connectivity index (χ1) is 8.73. The number of alkyl halides is 3. The number of β-amino-alcohol motifs (C(OH)–C–C–N with tert-alkyl or cyclic N) is 1. The Morgan fingerprint density at radius 2 is 2.11 bits per heavy atom. The SMILES string of the molecule is CN(C)c1ccnc(N2CCC(O)(C(F)(F)F)C2)n1. The quantitative estimate of drug-likeness (QED) is 0.875. The Hall–Kier alpha value is -1.57. The number of nitrogens with zero attached hydrogens (tertiary/aromatic N) is 4. The molecule has 0 aliphatic carbocycles. The van der Waals surface area contributed by atoms with E-state index in [1.54, 1.807) is 25.1 Å². The highest BCUT2D eigenvalue weighted by molar-refractivity contribution is 5.43. The molecular weight excluding hydrogens is 261 g/mol. The normalized spacial score (nSPS) is 23.8. The topological polar surface area (TPSA) is 52.5 Å². The zero-order chi connectivity index (χ0) is 14.3. The second-order valence-corrected chi connectivity index (χ2v) is 4.81. The molecule has 0 spiro atoms. The molecule has 2 rings (SSSR count). The van der Waals surface area contributed by atoms with Gasteiger partial charge in [-0.2, -0.15) is 18.2 Å². The minimum atomic E-state index is -4.64. The van der Waals surface area contributed by atoms with Gasteiger partial charge >= 0.3 is 6.18 Å². The Labute approximate surface area is 108 Å². The van der Waals surface area contributed by atoms with Gasteiger partial charge < -0.3 is 14.9 Å². The number of rotatable bonds is 2. The van der Waals surface area contributed by atoms with Gasteiger partial charge in [-0.1, -0.05) is 0 Å². The van der Waals surface area contributed by atoms with E-state index in [1.165, 1.54) is 11.1 Å². The smallest absolute Gasteiger partial charge is 0.379 e. The summed E-state index contributed by atoms with van der Waals surface area (Å²) in [5.41, 5.74) is -2.68. The largest absolute Gasteiger partial charge is 0.419 e. The molecule has 5 nitrogen and oxygen atoms in total. The molecule has 2 heterocycles. The zero-order valence-electron chi connectivity index (χ0n) is 10.6. The summed E-state index contributed by atoms with van der Waals surface area (Å²) in [6, 6.07) is 1.66. The van der Waals surface area contributed by atoms with Gasteiger partial charge in [0.2, 0.25) is 5.95 Å². The number of aromatic nitrogens is 2. The van der Waals surface area contributed by atoms with Gasteiger partial charge in [-0.3, -0.25) is 0 Å². The van der Waals surface area contributed by atoms with Gasteiger partial charge in [0.05, 0.1) is 6.54 Å². The molecule has 0 bridgehead atoms. The molecule has 1 N–H and O–H groups in total. The molecule has 1 unspecified atom stereocenters. The summed E-state index contributed by atoms with van der Waals surface area (Å²) in [7, 11) is 3.56. The van der Waals surface area contributed by atoms with Gasteiger partial charge in [0.1, 0.15) is 5.82 Å². The third kappa shape index (κ3) is 2.58. The molecule has 106 valence electrons. The Kier molecular flexibility index (Phi) is 3.29. The maximum Gasteiger partial charge on any atom is 0.419 e. The van der Waals surface area contributed by atoms with Crippen LogP contribution in [0.5, 0.6) is 0 Å². The van der Waals surface area contributed by atoms with Gasteiger partial charge in [-0.25, -0.2) is 4.98 Å². The lowest BCUT2D eigenvalue weighted by Crippen LogP contribution is -2.47. The van der Waals surface area contributed by atoms with E-state index in [-0.39, 0.29) is 18.9 Å². The second kappa shape index (κ2) is 4.52. The third-order valence-corrected chi connectivity index (χ3v) is 3.14. The molecule has 8 heteroatoms. The van der Waals surface area contributed by atoms with Crippen molar-refractivity contribution in [2.24, 2.45) is 0 Å². The summed E-state index contributed by atoms with van der Waals surface area (Å²) in [4.78, 5) is 11.2. The van der Waals surface area contributed by atoms with Crippen LogP contribution in [0.2, 0.25) is 0 Å². The first-order valence-corrected chi connectivity index (χ1v) is 5.77. The van der Waals surface area contributed by atoms with Crippen molar-refractivity contribution >= 4 is 11.8 Å². The van der Waals surface area contributed by atoms with Crippen molar-refractivity contribution in [3.8, 4) is 0 Å². The summed E-state index contributed by atoms with van der Waals surface area (Å²) >= 11 is 0. The highest BCUT2D eigenvalue weighted by Crippen LogP contribution is 2.38. The minimum Gasteiger partial charge on any atom is -0.379 e. The average molecular weight is 276 g/mol. The molecule has 1 aromatic heterocycles. The van der Waals surface area contributed by atoms with E-state index in [1.807, 2.05) is 0 Å². The van der Waals surface area contributed by atoms with Crippen LogP contribution in [0.25, 0.3) is 0 Å². The number of aliphatic hydroxyl groups is 1. The van der Waals surface area contributed by atoms with Crippen molar-refractivity contribution in [3.05, 3.63) is 12.3 Å². The molecule has 1 saturated heterocycles. The van der Waals surface area contributed by atoms with Crippen LogP contribution in [0.15, 0.2) is 12.3 Å². The maximum atomic E-state index is 12.7. The number of halogens is 3. The monoisotopic (exact) mass is 276 g/mol. The summed E-state index contributed by atoms with van der Waals surface area (Å²) in [5.74, 6) is 0.804. The van der Waals surface area contributed by atoms with Crippen molar-refractivity contribution < 1.29 is 18.3 Å². The van der Waals surface area contributed by atoms with Crippen LogP contribution < -0.4 is 9.80 Å². The second-order valence-electron chi connectivity index (χ2n) is 4.81. The molecule has 1 fully saturated rings. The highest BCUT2D eigenvalue weighted by Gasteiger charge is 2.57. The molecule has 0 radical (unpaired) electrons. The van der Waals surface area contributed by atoms with E-state index in [9.17, 15) is 18.3 Å². The number of anilines is 2. The van der Waals surface area contributed by atoms with Crippen molar-refractivity contribution in [2.45, 2.75) is 18.2 Å². The molecular formula is C11H15F3N4O. The van der Waals surface area contributed by atoms with Crippen molar-refractivity contribution in [1.29, 1.82) is 0 Å². The molecule has 1 aliphatic heterocycles. The van der Waals surface area contributed by atoms with Gasteiger partial charge in [0.25, 0.3) is 0 Å². The van der Waals surface area contributed by atoms with Crippen molar-refractivity contribution in [2.75, 3.05) is 37.0 Å². The van der Waals surface area contributed by atoms with Crippen LogP contribution in [0.1, 0.15) is 6.42 Å².